The highest BCUT2D eigenvalue weighted by Crippen LogP contribution is 2.41. The maximum Gasteiger partial charge on any atom is 0.151 e. The Balaban J connectivity index is 1.69. The van der Waals surface area contributed by atoms with Gasteiger partial charge >= 0.3 is 0 Å². The van der Waals surface area contributed by atoms with E-state index in [1.807, 2.05) is 38.2 Å². The van der Waals surface area contributed by atoms with E-state index in [2.05, 4.69) is 19.9 Å². The minimum Gasteiger partial charge on any atom is -0.381 e. The molecule has 1 aromatic carbocycles. The van der Waals surface area contributed by atoms with Crippen molar-refractivity contribution in [3.8, 4) is 11.3 Å². The molecule has 5 aromatic rings. The van der Waals surface area contributed by atoms with Crippen molar-refractivity contribution in [1.82, 2.24) is 29.5 Å². The summed E-state index contributed by atoms with van der Waals surface area (Å²) in [7, 11) is -1.43. The molecule has 0 aliphatic carbocycles. The van der Waals surface area contributed by atoms with Crippen LogP contribution in [0.5, 0.6) is 0 Å². The molecule has 1 aliphatic heterocycles. The Labute approximate surface area is 225 Å². The zero-order valence-corrected chi connectivity index (χ0v) is 22.8. The van der Waals surface area contributed by atoms with Crippen molar-refractivity contribution in [2.45, 2.75) is 31.6 Å². The molecule has 4 aromatic heterocycles. The first-order chi connectivity index (χ1) is 18.7. The highest BCUT2D eigenvalue weighted by molar-refractivity contribution is 7.89. The lowest BCUT2D eigenvalue weighted by molar-refractivity contribution is 0.0543. The van der Waals surface area contributed by atoms with E-state index in [4.69, 9.17) is 9.72 Å². The summed E-state index contributed by atoms with van der Waals surface area (Å²) in [6, 6.07) is 10.2. The average Bonchev–Trinajstić information content (AvgIpc) is 3.40. The fourth-order valence-corrected chi connectivity index (χ4v) is 6.62. The Hall–Kier alpha value is -3.70. The van der Waals surface area contributed by atoms with Gasteiger partial charge in [-0.2, -0.15) is 0 Å². The molecular weight excluding hydrogens is 519 g/mol. The van der Waals surface area contributed by atoms with Gasteiger partial charge in [0.15, 0.2) is 9.84 Å². The summed E-state index contributed by atoms with van der Waals surface area (Å²) < 4.78 is 49.3. The number of halogens is 1. The number of aromatic nitrogens is 6. The van der Waals surface area contributed by atoms with Gasteiger partial charge in [-0.3, -0.25) is 9.97 Å². The third kappa shape index (κ3) is 4.70. The van der Waals surface area contributed by atoms with Crippen molar-refractivity contribution in [2.24, 2.45) is 13.0 Å². The first-order valence-electron chi connectivity index (χ1n) is 12.9. The highest BCUT2D eigenvalue weighted by atomic mass is 32.2. The Morgan fingerprint density at radius 1 is 1.13 bits per heavy atom. The van der Waals surface area contributed by atoms with Gasteiger partial charge < -0.3 is 9.30 Å². The summed E-state index contributed by atoms with van der Waals surface area (Å²) in [6.45, 7) is 3.05. The van der Waals surface area contributed by atoms with Crippen LogP contribution in [-0.2, 0) is 27.4 Å². The fraction of sp³-hybridized carbons (Fsp3) is 0.357. The first kappa shape index (κ1) is 25.6. The van der Waals surface area contributed by atoms with Crippen molar-refractivity contribution >= 4 is 31.8 Å². The van der Waals surface area contributed by atoms with Crippen LogP contribution in [0.2, 0.25) is 0 Å². The number of sulfone groups is 1. The van der Waals surface area contributed by atoms with Crippen LogP contribution in [0.4, 0.5) is 4.39 Å². The quantitative estimate of drug-likeness (QED) is 0.310. The summed E-state index contributed by atoms with van der Waals surface area (Å²) in [5.41, 5.74) is 5.80. The molecule has 11 heteroatoms. The fourth-order valence-electron chi connectivity index (χ4n) is 5.83. The Kier molecular flexibility index (Phi) is 6.43. The van der Waals surface area contributed by atoms with E-state index in [0.29, 0.717) is 24.5 Å². The molecule has 9 nitrogen and oxygen atoms in total. The molecule has 5 heterocycles. The number of benzene rings is 1. The third-order valence-electron chi connectivity index (χ3n) is 7.46. The molecule has 6 rings (SSSR count). The number of nitrogens with zero attached hydrogens (tertiary/aromatic N) is 6. The van der Waals surface area contributed by atoms with Crippen LogP contribution in [-0.4, -0.2) is 57.4 Å². The molecule has 0 N–H and O–H groups in total. The zero-order valence-electron chi connectivity index (χ0n) is 22.0. The number of aryl methyl sites for hydroxylation is 2. The summed E-state index contributed by atoms with van der Waals surface area (Å²) in [5, 5.41) is 9.22. The van der Waals surface area contributed by atoms with Crippen molar-refractivity contribution in [3.63, 3.8) is 0 Å². The van der Waals surface area contributed by atoms with Gasteiger partial charge in [0.25, 0.3) is 0 Å². The molecule has 39 heavy (non-hydrogen) atoms. The lowest BCUT2D eigenvalue weighted by Crippen LogP contribution is -2.28. The minimum absolute atomic E-state index is 0.0456. The van der Waals surface area contributed by atoms with Crippen molar-refractivity contribution in [3.05, 3.63) is 71.6 Å². The second kappa shape index (κ2) is 9.80. The van der Waals surface area contributed by atoms with Crippen molar-refractivity contribution in [2.75, 3.05) is 19.5 Å². The molecule has 0 radical (unpaired) electrons. The van der Waals surface area contributed by atoms with Crippen molar-refractivity contribution < 1.29 is 17.5 Å². The van der Waals surface area contributed by atoms with Crippen LogP contribution in [0, 0.1) is 18.7 Å². The standard InChI is InChI=1S/C28H29FN6O3S/c1-17-27(34(2)33-32-17)20-14-24-25(31-15-20)21-7-6-18(16-39(3,36)37)13-23(21)35(24)28(19-8-11-38-12-9-19)26-22(29)5-4-10-30-26/h4-7,10,13-15,19,28H,8-9,11-12,16H2,1-3H3/t28-/m1/s1. The molecule has 202 valence electrons. The Morgan fingerprint density at radius 3 is 2.62 bits per heavy atom. The van der Waals surface area contributed by atoms with Gasteiger partial charge in [0.05, 0.1) is 45.4 Å². The first-order valence-corrected chi connectivity index (χ1v) is 14.9. The molecule has 1 aliphatic rings. The Bertz CT molecular complexity index is 1790. The number of rotatable bonds is 6. The molecule has 0 amide bonds. The van der Waals surface area contributed by atoms with Gasteiger partial charge in [-0.1, -0.05) is 17.3 Å². The molecule has 0 saturated carbocycles. The van der Waals surface area contributed by atoms with Gasteiger partial charge in [-0.25, -0.2) is 17.5 Å². The van der Waals surface area contributed by atoms with Gasteiger partial charge in [-0.05, 0) is 55.5 Å². The molecule has 1 atom stereocenters. The monoisotopic (exact) mass is 548 g/mol. The maximum absolute atomic E-state index is 15.5. The number of ether oxygens (including phenoxy) is 1. The molecule has 0 unspecified atom stereocenters. The lowest BCUT2D eigenvalue weighted by atomic mass is 9.88. The number of pyridine rings is 2. The van der Waals surface area contributed by atoms with Gasteiger partial charge in [0.2, 0.25) is 0 Å². The molecule has 0 bridgehead atoms. The van der Waals surface area contributed by atoms with E-state index < -0.39 is 15.9 Å². The van der Waals surface area contributed by atoms with Crippen molar-refractivity contribution in [1.29, 1.82) is 0 Å². The second-order valence-corrected chi connectivity index (χ2v) is 12.4. The molecule has 1 fully saturated rings. The molecule has 0 spiro atoms. The van der Waals surface area contributed by atoms with Crippen LogP contribution in [0.15, 0.2) is 48.8 Å². The smallest absolute Gasteiger partial charge is 0.151 e. The topological polar surface area (TPSA) is 105 Å². The Morgan fingerprint density at radius 2 is 1.92 bits per heavy atom. The third-order valence-corrected chi connectivity index (χ3v) is 8.32. The van der Waals surface area contributed by atoms with Crippen LogP contribution in [0.1, 0.15) is 35.8 Å². The van der Waals surface area contributed by atoms with E-state index in [0.717, 1.165) is 51.7 Å². The highest BCUT2D eigenvalue weighted by Gasteiger charge is 2.33. The summed E-state index contributed by atoms with van der Waals surface area (Å²) >= 11 is 0. The van der Waals surface area contributed by atoms with Gasteiger partial charge in [0.1, 0.15) is 5.82 Å². The van der Waals surface area contributed by atoms with E-state index in [1.165, 1.54) is 12.3 Å². The number of hydrogen-bond acceptors (Lipinski definition) is 7. The maximum atomic E-state index is 15.5. The second-order valence-electron chi connectivity index (χ2n) is 10.3. The predicted molar refractivity (Wildman–Crippen MR) is 146 cm³/mol. The average molecular weight is 549 g/mol. The van der Waals surface area contributed by atoms with E-state index >= 15 is 4.39 Å². The van der Waals surface area contributed by atoms with E-state index in [-0.39, 0.29) is 17.5 Å². The minimum atomic E-state index is -3.26. The van der Waals surface area contributed by atoms with E-state index in [9.17, 15) is 8.42 Å². The van der Waals surface area contributed by atoms with E-state index in [1.54, 1.807) is 23.1 Å². The van der Waals surface area contributed by atoms with Crippen LogP contribution in [0.25, 0.3) is 33.2 Å². The predicted octanol–water partition coefficient (Wildman–Crippen LogP) is 4.39. The number of hydrogen-bond donors (Lipinski definition) is 0. The SMILES string of the molecule is Cc1nnn(C)c1-c1cnc2c3ccc(CS(C)(=O)=O)cc3n([C@@H](c3ncccc3F)C3CCOCC3)c2c1. The van der Waals surface area contributed by atoms with Crippen LogP contribution < -0.4 is 0 Å². The molecule has 1 saturated heterocycles. The largest absolute Gasteiger partial charge is 0.381 e. The summed E-state index contributed by atoms with van der Waals surface area (Å²) in [6.07, 6.45) is 6.11. The van der Waals surface area contributed by atoms with Gasteiger partial charge in [-0.15, -0.1) is 5.10 Å². The molecular formula is C28H29FN6O3S. The number of fused-ring (bicyclic) bond motifs is 3. The van der Waals surface area contributed by atoms with Gasteiger partial charge in [0, 0.05) is 49.9 Å². The van der Waals surface area contributed by atoms with Crippen LogP contribution >= 0.6 is 0 Å². The summed E-state index contributed by atoms with van der Waals surface area (Å²) in [5.74, 6) is -0.431. The normalized spacial score (nSPS) is 15.8. The van der Waals surface area contributed by atoms with Crippen LogP contribution in [0.3, 0.4) is 0 Å². The lowest BCUT2D eigenvalue weighted by Gasteiger charge is -2.32. The summed E-state index contributed by atoms with van der Waals surface area (Å²) in [4.78, 5) is 9.40. The zero-order chi connectivity index (χ0) is 27.3.